The quantitative estimate of drug-likeness (QED) is 0.191. The van der Waals surface area contributed by atoms with Crippen molar-refractivity contribution in [1.29, 1.82) is 0 Å². The summed E-state index contributed by atoms with van der Waals surface area (Å²) in [5, 5.41) is 10.6. The van der Waals surface area contributed by atoms with Gasteiger partial charge >= 0.3 is 148 Å². The van der Waals surface area contributed by atoms with E-state index in [-0.39, 0.29) is 0 Å². The van der Waals surface area contributed by atoms with Crippen LogP contribution in [0.5, 0.6) is 0 Å². The fourth-order valence-corrected chi connectivity index (χ4v) is 4.22. The Kier molecular flexibility index (Phi) is 2.89. The van der Waals surface area contributed by atoms with E-state index in [1.165, 1.54) is 46.7 Å². The molecule has 0 nitrogen and oxygen atoms in total. The Morgan fingerprint density at radius 3 is 1.78 bits per heavy atom. The molecule has 1 heteroatoms. The normalized spacial score (nSPS) is 11.7. The molecule has 5 rings (SSSR count). The van der Waals surface area contributed by atoms with Gasteiger partial charge in [-0.25, -0.2) is 0 Å². The van der Waals surface area contributed by atoms with Gasteiger partial charge in [0.2, 0.25) is 0 Å². The van der Waals surface area contributed by atoms with Gasteiger partial charge in [-0.2, -0.15) is 0 Å². The van der Waals surface area contributed by atoms with E-state index in [4.69, 9.17) is 0 Å². The van der Waals surface area contributed by atoms with Crippen LogP contribution >= 0.6 is 0 Å². The number of benzene rings is 5. The maximum atomic E-state index is 2.36. The first kappa shape index (κ1) is 13.4. The summed E-state index contributed by atoms with van der Waals surface area (Å²) in [5.41, 5.74) is 0. The first-order valence-electron chi connectivity index (χ1n) is 7.75. The van der Waals surface area contributed by atoms with Gasteiger partial charge in [0.1, 0.15) is 0 Å². The SMILES string of the molecule is [Te]c1cccc2cc3ccc4cc5ccccc5cc4c3cc12. The van der Waals surface area contributed by atoms with Crippen molar-refractivity contribution in [3.05, 3.63) is 78.9 Å². The second-order valence-corrected chi connectivity index (χ2v) is 7.29. The van der Waals surface area contributed by atoms with Crippen LogP contribution in [0, 0.1) is 0 Å². The van der Waals surface area contributed by atoms with Crippen LogP contribution in [0.1, 0.15) is 0 Å². The molecule has 0 fully saturated rings. The van der Waals surface area contributed by atoms with Crippen molar-refractivity contribution in [2.24, 2.45) is 0 Å². The number of fused-ring (bicyclic) bond motifs is 5. The first-order valence-corrected chi connectivity index (χ1v) is 8.91. The molecular weight excluding hydrogens is 392 g/mol. The van der Waals surface area contributed by atoms with Gasteiger partial charge in [-0.15, -0.1) is 0 Å². The summed E-state index contributed by atoms with van der Waals surface area (Å²) in [6.45, 7) is 0. The third kappa shape index (κ3) is 2.05. The van der Waals surface area contributed by atoms with E-state index < -0.39 is 0 Å². The van der Waals surface area contributed by atoms with Crippen LogP contribution in [0.3, 0.4) is 0 Å². The van der Waals surface area contributed by atoms with Crippen molar-refractivity contribution in [2.75, 3.05) is 0 Å². The maximum absolute atomic E-state index is 2.36. The van der Waals surface area contributed by atoms with Crippen LogP contribution in [-0.2, 0) is 0 Å². The average Bonchev–Trinajstić information content (AvgIpc) is 2.59. The molecule has 0 atom stereocenters. The zero-order valence-corrected chi connectivity index (χ0v) is 14.7. The van der Waals surface area contributed by atoms with E-state index in [2.05, 4.69) is 101 Å². The van der Waals surface area contributed by atoms with Crippen molar-refractivity contribution in [1.82, 2.24) is 0 Å². The van der Waals surface area contributed by atoms with Crippen LogP contribution < -0.4 is 3.61 Å². The van der Waals surface area contributed by atoms with Crippen LogP contribution in [0.15, 0.2) is 78.9 Å². The molecule has 0 spiro atoms. The summed E-state index contributed by atoms with van der Waals surface area (Å²) in [4.78, 5) is 0. The van der Waals surface area contributed by atoms with Gasteiger partial charge in [0.15, 0.2) is 0 Å². The summed E-state index contributed by atoms with van der Waals surface area (Å²) < 4.78 is 1.35. The standard InChI is InChI=1S/C22H13Te/c23-22-7-3-6-16-11-18-9-8-17-10-14-4-1-2-5-15(14)12-19(17)20(18)13-21(16)22/h1-13H. The van der Waals surface area contributed by atoms with Gasteiger partial charge in [0, 0.05) is 0 Å². The van der Waals surface area contributed by atoms with E-state index in [1.54, 1.807) is 0 Å². The Bertz CT molecular complexity index is 1220. The Labute approximate surface area is 147 Å². The fraction of sp³-hybridized carbons (Fsp3) is 0. The Morgan fingerprint density at radius 1 is 0.435 bits per heavy atom. The molecule has 0 saturated carbocycles. The summed E-state index contributed by atoms with van der Waals surface area (Å²) >= 11 is 2.11. The molecule has 0 amide bonds. The molecule has 0 heterocycles. The van der Waals surface area contributed by atoms with Crippen LogP contribution in [-0.4, -0.2) is 22.3 Å². The van der Waals surface area contributed by atoms with Gasteiger partial charge in [0.05, 0.1) is 0 Å². The molecule has 5 aromatic carbocycles. The molecule has 107 valence electrons. The Balaban J connectivity index is 2.01. The monoisotopic (exact) mass is 407 g/mol. The van der Waals surface area contributed by atoms with Gasteiger partial charge < -0.3 is 0 Å². The Morgan fingerprint density at radius 2 is 1.00 bits per heavy atom. The zero-order valence-electron chi connectivity index (χ0n) is 12.4. The second kappa shape index (κ2) is 4.96. The predicted molar refractivity (Wildman–Crippen MR) is 102 cm³/mol. The third-order valence-electron chi connectivity index (χ3n) is 4.66. The van der Waals surface area contributed by atoms with Gasteiger partial charge in [-0.1, -0.05) is 0 Å². The molecule has 1 radical (unpaired) electrons. The van der Waals surface area contributed by atoms with E-state index in [0.29, 0.717) is 0 Å². The van der Waals surface area contributed by atoms with Crippen molar-refractivity contribution < 1.29 is 0 Å². The van der Waals surface area contributed by atoms with E-state index in [9.17, 15) is 0 Å². The molecule has 0 aliphatic carbocycles. The summed E-state index contributed by atoms with van der Waals surface area (Å²) in [6, 6.07) is 28.9. The molecule has 0 N–H and O–H groups in total. The van der Waals surface area contributed by atoms with E-state index in [0.717, 1.165) is 0 Å². The van der Waals surface area contributed by atoms with Gasteiger partial charge in [0.25, 0.3) is 0 Å². The minimum atomic E-state index is 1.30. The van der Waals surface area contributed by atoms with Crippen molar-refractivity contribution in [3.8, 4) is 0 Å². The molecule has 5 aromatic rings. The van der Waals surface area contributed by atoms with E-state index in [1.807, 2.05) is 0 Å². The molecule has 0 unspecified atom stereocenters. The fourth-order valence-electron chi connectivity index (χ4n) is 3.49. The number of hydrogen-bond acceptors (Lipinski definition) is 0. The molecular formula is C22H13Te. The predicted octanol–water partition coefficient (Wildman–Crippen LogP) is 5.09. The first-order chi connectivity index (χ1) is 11.3. The molecule has 0 aliphatic rings. The Hall–Kier alpha value is -2.07. The van der Waals surface area contributed by atoms with Crippen molar-refractivity contribution >= 4 is 69.0 Å². The van der Waals surface area contributed by atoms with Crippen molar-refractivity contribution in [3.63, 3.8) is 0 Å². The van der Waals surface area contributed by atoms with Crippen LogP contribution in [0.25, 0.3) is 43.1 Å². The van der Waals surface area contributed by atoms with Crippen LogP contribution in [0.2, 0.25) is 0 Å². The summed E-state index contributed by atoms with van der Waals surface area (Å²) in [7, 11) is 0. The average molecular weight is 405 g/mol. The molecule has 0 bridgehead atoms. The minimum absolute atomic E-state index is 1.30. The molecule has 23 heavy (non-hydrogen) atoms. The molecule has 0 aliphatic heterocycles. The topological polar surface area (TPSA) is 0 Å². The van der Waals surface area contributed by atoms with Gasteiger partial charge in [-0.05, 0) is 0 Å². The zero-order chi connectivity index (χ0) is 15.4. The third-order valence-corrected chi connectivity index (χ3v) is 5.68. The number of hydrogen-bond donors (Lipinski definition) is 0. The van der Waals surface area contributed by atoms with Gasteiger partial charge in [-0.3, -0.25) is 0 Å². The summed E-state index contributed by atoms with van der Waals surface area (Å²) in [6.07, 6.45) is 0. The molecule has 0 aromatic heterocycles. The summed E-state index contributed by atoms with van der Waals surface area (Å²) in [5.74, 6) is 0. The number of rotatable bonds is 0. The second-order valence-electron chi connectivity index (χ2n) is 6.04. The van der Waals surface area contributed by atoms with Crippen molar-refractivity contribution in [2.45, 2.75) is 0 Å². The van der Waals surface area contributed by atoms with E-state index >= 15 is 0 Å². The molecule has 0 saturated heterocycles. The van der Waals surface area contributed by atoms with Crippen LogP contribution in [0.4, 0.5) is 0 Å².